The molecule has 0 amide bonds. The van der Waals surface area contributed by atoms with Crippen LogP contribution < -0.4 is 0 Å². The highest BCUT2D eigenvalue weighted by molar-refractivity contribution is 9.09. The van der Waals surface area contributed by atoms with E-state index in [1.54, 1.807) is 29.7 Å². The van der Waals surface area contributed by atoms with Crippen LogP contribution in [-0.4, -0.2) is 38.9 Å². The average molecular weight is 429 g/mol. The lowest BCUT2D eigenvalue weighted by atomic mass is 9.95. The smallest absolute Gasteiger partial charge is 0.123 e. The Balaban J connectivity index is 3.44. The van der Waals surface area contributed by atoms with Crippen LogP contribution in [0, 0.1) is 11.7 Å². The van der Waals surface area contributed by atoms with Gasteiger partial charge in [-0.25, -0.2) is 13.6 Å². The molecule has 0 saturated heterocycles. The van der Waals surface area contributed by atoms with E-state index < -0.39 is 9.71 Å². The van der Waals surface area contributed by atoms with E-state index in [1.165, 1.54) is 12.1 Å². The largest absolute Gasteiger partial charge is 0.291 e. The lowest BCUT2D eigenvalue weighted by molar-refractivity contribution is 0.627. The molecule has 0 bridgehead atoms. The van der Waals surface area contributed by atoms with Crippen LogP contribution in [-0.2, 0) is 9.71 Å². The number of benzene rings is 1. The van der Waals surface area contributed by atoms with E-state index in [4.69, 9.17) is 4.99 Å². The molecule has 138 valence electrons. The fourth-order valence-electron chi connectivity index (χ4n) is 2.20. The predicted octanol–water partition coefficient (Wildman–Crippen LogP) is 4.76. The highest BCUT2D eigenvalue weighted by atomic mass is 79.9. The zero-order chi connectivity index (χ0) is 19.4. The Kier molecular flexibility index (Phi) is 7.62. The van der Waals surface area contributed by atoms with Gasteiger partial charge < -0.3 is 0 Å². The SMILES string of the molecule is C=C(/C(CBr)=C(\N=C(C)N(C)S(=C)(C)=O)C(C)C)c1ccc(F)cc1. The summed E-state index contributed by atoms with van der Waals surface area (Å²) in [6.07, 6.45) is 1.58. The van der Waals surface area contributed by atoms with Crippen LogP contribution in [0.25, 0.3) is 5.57 Å². The minimum atomic E-state index is -2.38. The van der Waals surface area contributed by atoms with Gasteiger partial charge in [0.05, 0.1) is 0 Å². The normalized spacial score (nSPS) is 15.6. The molecule has 3 nitrogen and oxygen atoms in total. The van der Waals surface area contributed by atoms with Gasteiger partial charge in [-0.3, -0.25) is 4.31 Å². The first kappa shape index (κ1) is 21.6. The maximum absolute atomic E-state index is 13.2. The summed E-state index contributed by atoms with van der Waals surface area (Å²) in [7, 11) is -0.662. The van der Waals surface area contributed by atoms with Crippen LogP contribution in [0.2, 0.25) is 0 Å². The van der Waals surface area contributed by atoms with Crippen molar-refractivity contribution < 1.29 is 8.60 Å². The Labute approximate surface area is 159 Å². The Hall–Kier alpha value is -1.40. The van der Waals surface area contributed by atoms with E-state index in [0.29, 0.717) is 11.2 Å². The molecular weight excluding hydrogens is 403 g/mol. The third-order valence-electron chi connectivity index (χ3n) is 3.86. The van der Waals surface area contributed by atoms with Crippen LogP contribution in [0.1, 0.15) is 26.3 Å². The van der Waals surface area contributed by atoms with Crippen molar-refractivity contribution in [2.45, 2.75) is 20.8 Å². The van der Waals surface area contributed by atoms with Crippen LogP contribution in [0.3, 0.4) is 0 Å². The number of rotatable bonds is 6. The molecule has 1 aromatic rings. The van der Waals surface area contributed by atoms with E-state index in [-0.39, 0.29) is 11.7 Å². The number of hydrogen-bond donors (Lipinski definition) is 0. The summed E-state index contributed by atoms with van der Waals surface area (Å²) >= 11 is 3.52. The molecule has 1 aromatic carbocycles. The highest BCUT2D eigenvalue weighted by Crippen LogP contribution is 2.30. The number of allylic oxidation sites excluding steroid dienone is 3. The standard InChI is InChI=1S/C19H26BrFN2OS/c1-13(2)19(22-15(4)23(5)25(6,7)24)18(12-20)14(3)16-8-10-17(21)11-9-16/h8-11,13H,3,6,12H2,1-2,4-5,7H3/b19-18-,22-15?. The minimum absolute atomic E-state index is 0.130. The van der Waals surface area contributed by atoms with E-state index in [0.717, 1.165) is 22.4 Å². The van der Waals surface area contributed by atoms with Crippen molar-refractivity contribution in [1.82, 2.24) is 4.31 Å². The second kappa shape index (κ2) is 8.81. The van der Waals surface area contributed by atoms with Gasteiger partial charge in [-0.05, 0) is 47.6 Å². The van der Waals surface area contributed by atoms with Gasteiger partial charge in [0.2, 0.25) is 0 Å². The van der Waals surface area contributed by atoms with Crippen LogP contribution in [0.5, 0.6) is 0 Å². The second-order valence-corrected chi connectivity index (χ2v) is 9.28. The van der Waals surface area contributed by atoms with Crippen LogP contribution >= 0.6 is 15.9 Å². The minimum Gasteiger partial charge on any atom is -0.291 e. The Morgan fingerprint density at radius 3 is 2.28 bits per heavy atom. The predicted molar refractivity (Wildman–Crippen MR) is 113 cm³/mol. The van der Waals surface area contributed by atoms with Gasteiger partial charge in [0.1, 0.15) is 11.7 Å². The summed E-state index contributed by atoms with van der Waals surface area (Å²) in [4.78, 5) is 4.72. The first-order valence-electron chi connectivity index (χ1n) is 7.84. The summed E-state index contributed by atoms with van der Waals surface area (Å²) in [6, 6.07) is 6.24. The van der Waals surface area contributed by atoms with Crippen molar-refractivity contribution in [3.63, 3.8) is 0 Å². The van der Waals surface area contributed by atoms with Gasteiger partial charge in [-0.15, -0.1) is 0 Å². The molecule has 0 aromatic heterocycles. The molecule has 1 unspecified atom stereocenters. The Bertz CT molecular complexity index is 793. The molecule has 0 heterocycles. The zero-order valence-electron chi connectivity index (χ0n) is 15.5. The first-order chi connectivity index (χ1) is 11.5. The molecule has 1 rings (SSSR count). The molecule has 0 N–H and O–H groups in total. The lowest BCUT2D eigenvalue weighted by Crippen LogP contribution is -2.30. The van der Waals surface area contributed by atoms with Gasteiger partial charge in [0.25, 0.3) is 0 Å². The molecule has 0 fully saturated rings. The molecule has 0 spiro atoms. The fourth-order valence-corrected chi connectivity index (χ4v) is 3.42. The zero-order valence-corrected chi connectivity index (χ0v) is 17.9. The maximum atomic E-state index is 13.2. The van der Waals surface area contributed by atoms with Crippen molar-refractivity contribution in [3.8, 4) is 0 Å². The van der Waals surface area contributed by atoms with Crippen LogP contribution in [0.15, 0.2) is 47.1 Å². The molecule has 0 aliphatic heterocycles. The Morgan fingerprint density at radius 2 is 1.88 bits per heavy atom. The Morgan fingerprint density at radius 1 is 1.36 bits per heavy atom. The van der Waals surface area contributed by atoms with Crippen LogP contribution in [0.4, 0.5) is 4.39 Å². The van der Waals surface area contributed by atoms with Crippen molar-refractivity contribution >= 4 is 42.9 Å². The van der Waals surface area contributed by atoms with Gasteiger partial charge in [0.15, 0.2) is 0 Å². The number of nitrogens with zero attached hydrogens (tertiary/aromatic N) is 2. The average Bonchev–Trinajstić information content (AvgIpc) is 2.53. The van der Waals surface area contributed by atoms with E-state index >= 15 is 0 Å². The third-order valence-corrected chi connectivity index (χ3v) is 5.85. The second-order valence-electron chi connectivity index (χ2n) is 6.25. The van der Waals surface area contributed by atoms with Crippen molar-refractivity contribution in [3.05, 3.63) is 53.5 Å². The number of amidine groups is 1. The lowest BCUT2D eigenvalue weighted by Gasteiger charge is -2.22. The van der Waals surface area contributed by atoms with Gasteiger partial charge in [0, 0.05) is 34.0 Å². The molecular formula is C19H26BrFN2OS. The number of alkyl halides is 1. The summed E-state index contributed by atoms with van der Waals surface area (Å²) in [5, 5.41) is 0.559. The number of halogens is 2. The van der Waals surface area contributed by atoms with Crippen molar-refractivity contribution in [1.29, 1.82) is 0 Å². The third kappa shape index (κ3) is 5.82. The molecule has 0 aliphatic rings. The number of aliphatic imine (C=N–C) groups is 1. The monoisotopic (exact) mass is 428 g/mol. The summed E-state index contributed by atoms with van der Waals surface area (Å²) in [5.41, 5.74) is 3.40. The maximum Gasteiger partial charge on any atom is 0.123 e. The van der Waals surface area contributed by atoms with E-state index in [2.05, 4.69) is 28.4 Å². The van der Waals surface area contributed by atoms with E-state index in [1.807, 2.05) is 20.8 Å². The molecule has 1 atom stereocenters. The van der Waals surface area contributed by atoms with Gasteiger partial charge in [-0.1, -0.05) is 48.5 Å². The summed E-state index contributed by atoms with van der Waals surface area (Å²) < 4.78 is 26.9. The molecule has 0 radical (unpaired) electrons. The van der Waals surface area contributed by atoms with Crippen molar-refractivity contribution in [2.75, 3.05) is 18.6 Å². The molecule has 0 aliphatic carbocycles. The summed E-state index contributed by atoms with van der Waals surface area (Å²) in [5.74, 6) is 4.16. The topological polar surface area (TPSA) is 32.7 Å². The van der Waals surface area contributed by atoms with E-state index in [9.17, 15) is 8.60 Å². The van der Waals surface area contributed by atoms with Gasteiger partial charge in [-0.2, -0.15) is 0 Å². The van der Waals surface area contributed by atoms with Gasteiger partial charge >= 0.3 is 0 Å². The molecule has 6 heteroatoms. The quantitative estimate of drug-likeness (QED) is 0.211. The number of hydrogen-bond acceptors (Lipinski definition) is 2. The fraction of sp³-hybridized carbons (Fsp3) is 0.368. The van der Waals surface area contributed by atoms with Crippen molar-refractivity contribution in [2.24, 2.45) is 10.9 Å². The first-order valence-corrected chi connectivity index (χ1v) is 11.1. The molecule has 25 heavy (non-hydrogen) atoms. The summed E-state index contributed by atoms with van der Waals surface area (Å²) in [6.45, 7) is 10.1. The molecule has 0 saturated carbocycles. The highest BCUT2D eigenvalue weighted by Gasteiger charge is 2.16.